The first-order chi connectivity index (χ1) is 10.6. The van der Waals surface area contributed by atoms with Crippen LogP contribution in [0.25, 0.3) is 0 Å². The summed E-state index contributed by atoms with van der Waals surface area (Å²) in [7, 11) is 0. The third kappa shape index (κ3) is 3.31. The van der Waals surface area contributed by atoms with Crippen LogP contribution in [-0.4, -0.2) is 34.0 Å². The Labute approximate surface area is 137 Å². The van der Waals surface area contributed by atoms with Gasteiger partial charge in [0.1, 0.15) is 0 Å². The van der Waals surface area contributed by atoms with Gasteiger partial charge in [0.15, 0.2) is 5.69 Å². The van der Waals surface area contributed by atoms with Gasteiger partial charge < -0.3 is 10.6 Å². The maximum Gasteiger partial charge on any atom is 0.274 e. The predicted molar refractivity (Wildman–Crippen MR) is 86.4 cm³/mol. The molecule has 0 bridgehead atoms. The van der Waals surface area contributed by atoms with E-state index in [9.17, 15) is 4.79 Å². The summed E-state index contributed by atoms with van der Waals surface area (Å²) >= 11 is 7.34. The first kappa shape index (κ1) is 15.5. The second-order valence-corrected chi connectivity index (χ2v) is 7.14. The average molecular weight is 340 g/mol. The molecule has 0 atom stereocenters. The SMILES string of the molecule is Cc1c(C(=O)NCc2ccc(Cl)s2)nnn1C1CCNCC1. The lowest BCUT2D eigenvalue weighted by Crippen LogP contribution is -2.30. The smallest absolute Gasteiger partial charge is 0.274 e. The number of amides is 1. The summed E-state index contributed by atoms with van der Waals surface area (Å²) in [5, 5.41) is 14.4. The molecule has 1 aliphatic rings. The molecule has 6 nitrogen and oxygen atoms in total. The molecule has 1 amide bonds. The van der Waals surface area contributed by atoms with Crippen LogP contribution in [0, 0.1) is 6.92 Å². The third-order valence-corrected chi connectivity index (χ3v) is 5.08. The molecule has 0 spiro atoms. The zero-order valence-electron chi connectivity index (χ0n) is 12.3. The quantitative estimate of drug-likeness (QED) is 0.895. The van der Waals surface area contributed by atoms with Crippen molar-refractivity contribution in [3.8, 4) is 0 Å². The highest BCUT2D eigenvalue weighted by Crippen LogP contribution is 2.22. The summed E-state index contributed by atoms with van der Waals surface area (Å²) < 4.78 is 2.61. The number of aromatic nitrogens is 3. The average Bonchev–Trinajstić information content (AvgIpc) is 3.12. The number of nitrogens with one attached hydrogen (secondary N) is 2. The number of hydrogen-bond acceptors (Lipinski definition) is 5. The number of carbonyl (C=O) groups is 1. The lowest BCUT2D eigenvalue weighted by Gasteiger charge is -2.23. The molecule has 1 aliphatic heterocycles. The topological polar surface area (TPSA) is 71.8 Å². The Morgan fingerprint density at radius 3 is 2.95 bits per heavy atom. The molecule has 2 aromatic heterocycles. The van der Waals surface area contributed by atoms with Crippen molar-refractivity contribution in [3.05, 3.63) is 32.7 Å². The highest BCUT2D eigenvalue weighted by atomic mass is 35.5. The van der Waals surface area contributed by atoms with E-state index in [-0.39, 0.29) is 5.91 Å². The van der Waals surface area contributed by atoms with Crippen molar-refractivity contribution < 1.29 is 4.79 Å². The fraction of sp³-hybridized carbons (Fsp3) is 0.500. The van der Waals surface area contributed by atoms with Crippen LogP contribution in [0.2, 0.25) is 4.34 Å². The van der Waals surface area contributed by atoms with Crippen molar-refractivity contribution in [3.63, 3.8) is 0 Å². The molecule has 1 saturated heterocycles. The van der Waals surface area contributed by atoms with E-state index in [1.165, 1.54) is 11.3 Å². The number of thiophene rings is 1. The summed E-state index contributed by atoms with van der Waals surface area (Å²) in [5.74, 6) is -0.192. The highest BCUT2D eigenvalue weighted by Gasteiger charge is 2.22. The van der Waals surface area contributed by atoms with Crippen molar-refractivity contribution in [2.24, 2.45) is 0 Å². The molecule has 22 heavy (non-hydrogen) atoms. The normalized spacial score (nSPS) is 15.9. The van der Waals surface area contributed by atoms with Crippen molar-refractivity contribution in [1.82, 2.24) is 25.6 Å². The van der Waals surface area contributed by atoms with Crippen LogP contribution in [0.3, 0.4) is 0 Å². The molecule has 0 unspecified atom stereocenters. The van der Waals surface area contributed by atoms with Gasteiger partial charge >= 0.3 is 0 Å². The van der Waals surface area contributed by atoms with E-state index in [0.29, 0.717) is 18.3 Å². The Morgan fingerprint density at radius 2 is 2.27 bits per heavy atom. The van der Waals surface area contributed by atoms with Crippen LogP contribution < -0.4 is 10.6 Å². The largest absolute Gasteiger partial charge is 0.346 e. The Morgan fingerprint density at radius 1 is 1.50 bits per heavy atom. The number of rotatable bonds is 4. The van der Waals surface area contributed by atoms with Gasteiger partial charge in [0.25, 0.3) is 5.91 Å². The van der Waals surface area contributed by atoms with Gasteiger partial charge in [0.2, 0.25) is 0 Å². The van der Waals surface area contributed by atoms with Crippen LogP contribution in [0.15, 0.2) is 12.1 Å². The minimum atomic E-state index is -0.192. The van der Waals surface area contributed by atoms with E-state index in [1.807, 2.05) is 23.7 Å². The molecule has 8 heteroatoms. The summed E-state index contributed by atoms with van der Waals surface area (Å²) in [6.45, 7) is 4.31. The van der Waals surface area contributed by atoms with E-state index in [0.717, 1.165) is 40.8 Å². The van der Waals surface area contributed by atoms with Crippen LogP contribution in [0.5, 0.6) is 0 Å². The Kier molecular flexibility index (Phi) is 4.75. The fourth-order valence-corrected chi connectivity index (χ4v) is 3.67. The Bertz CT molecular complexity index is 662. The molecular weight excluding hydrogens is 322 g/mol. The zero-order valence-corrected chi connectivity index (χ0v) is 13.9. The molecule has 3 heterocycles. The van der Waals surface area contributed by atoms with Gasteiger partial charge in [-0.2, -0.15) is 0 Å². The van der Waals surface area contributed by atoms with Gasteiger partial charge in [-0.1, -0.05) is 16.8 Å². The lowest BCUT2D eigenvalue weighted by atomic mass is 10.1. The number of piperidine rings is 1. The molecule has 0 saturated carbocycles. The minimum Gasteiger partial charge on any atom is -0.346 e. The number of hydrogen-bond donors (Lipinski definition) is 2. The molecule has 0 aromatic carbocycles. The summed E-state index contributed by atoms with van der Waals surface area (Å²) in [6.07, 6.45) is 2.03. The van der Waals surface area contributed by atoms with Crippen molar-refractivity contribution in [1.29, 1.82) is 0 Å². The van der Waals surface area contributed by atoms with E-state index in [1.54, 1.807) is 0 Å². The Hall–Kier alpha value is -1.44. The van der Waals surface area contributed by atoms with Crippen molar-refractivity contribution in [2.45, 2.75) is 32.4 Å². The summed E-state index contributed by atoms with van der Waals surface area (Å²) in [4.78, 5) is 13.3. The second kappa shape index (κ2) is 6.76. The second-order valence-electron chi connectivity index (χ2n) is 5.34. The number of halogens is 1. The van der Waals surface area contributed by atoms with Crippen LogP contribution >= 0.6 is 22.9 Å². The molecule has 118 valence electrons. The standard InChI is InChI=1S/C14H18ClN5OS/c1-9-13(14(21)17-8-11-2-3-12(15)22-11)18-19-20(9)10-4-6-16-7-5-10/h2-3,10,16H,4-8H2,1H3,(H,17,21). The maximum atomic E-state index is 12.3. The predicted octanol–water partition coefficient (Wildman–Crippen LogP) is 2.16. The van der Waals surface area contributed by atoms with Gasteiger partial charge in [-0.15, -0.1) is 16.4 Å². The van der Waals surface area contributed by atoms with E-state index < -0.39 is 0 Å². The third-order valence-electron chi connectivity index (χ3n) is 3.85. The first-order valence-electron chi connectivity index (χ1n) is 7.30. The molecule has 0 aliphatic carbocycles. The van der Waals surface area contributed by atoms with Crippen LogP contribution in [0.4, 0.5) is 0 Å². The number of carbonyl (C=O) groups excluding carboxylic acids is 1. The minimum absolute atomic E-state index is 0.192. The zero-order chi connectivity index (χ0) is 15.5. The van der Waals surface area contributed by atoms with Gasteiger partial charge in [0, 0.05) is 4.88 Å². The maximum absolute atomic E-state index is 12.3. The van der Waals surface area contributed by atoms with Crippen LogP contribution in [0.1, 0.15) is 39.9 Å². The highest BCUT2D eigenvalue weighted by molar-refractivity contribution is 7.16. The van der Waals surface area contributed by atoms with Gasteiger partial charge in [-0.05, 0) is 45.0 Å². The molecule has 3 rings (SSSR count). The lowest BCUT2D eigenvalue weighted by molar-refractivity contribution is 0.0945. The Balaban J connectivity index is 1.66. The summed E-state index contributed by atoms with van der Waals surface area (Å²) in [6, 6.07) is 4.06. The fourth-order valence-electron chi connectivity index (χ4n) is 2.65. The van der Waals surface area contributed by atoms with Crippen molar-refractivity contribution >= 4 is 28.8 Å². The van der Waals surface area contributed by atoms with Crippen molar-refractivity contribution in [2.75, 3.05) is 13.1 Å². The molecular formula is C14H18ClN5OS. The molecule has 2 aromatic rings. The first-order valence-corrected chi connectivity index (χ1v) is 8.49. The van der Waals surface area contributed by atoms with E-state index in [4.69, 9.17) is 11.6 Å². The van der Waals surface area contributed by atoms with Gasteiger partial charge in [0.05, 0.1) is 22.6 Å². The van der Waals surface area contributed by atoms with Gasteiger partial charge in [-0.25, -0.2) is 4.68 Å². The molecule has 2 N–H and O–H groups in total. The van der Waals surface area contributed by atoms with E-state index >= 15 is 0 Å². The molecule has 1 fully saturated rings. The summed E-state index contributed by atoms with van der Waals surface area (Å²) in [5.41, 5.74) is 1.23. The van der Waals surface area contributed by atoms with Gasteiger partial charge in [-0.3, -0.25) is 4.79 Å². The van der Waals surface area contributed by atoms with Crippen LogP contribution in [-0.2, 0) is 6.54 Å². The number of nitrogens with zero attached hydrogens (tertiary/aromatic N) is 3. The molecule has 0 radical (unpaired) electrons. The monoisotopic (exact) mass is 339 g/mol. The van der Waals surface area contributed by atoms with E-state index in [2.05, 4.69) is 20.9 Å².